The standard InChI is InChI=1S/C20H22F2N6O2.HI/c1-23-20(25-10-14-3-5-16(6-4-14)28-13-24-12-27-28)26-11-15-9-17(29-2)7-8-18(15)30-19(21)22;/h3-9,12-13,19H,10-11H2,1-2H3,(H2,23,25,26);1H. The van der Waals surface area contributed by atoms with Crippen LogP contribution in [0.15, 0.2) is 60.1 Å². The largest absolute Gasteiger partial charge is 0.497 e. The summed E-state index contributed by atoms with van der Waals surface area (Å²) >= 11 is 0. The van der Waals surface area contributed by atoms with E-state index in [0.29, 0.717) is 23.8 Å². The van der Waals surface area contributed by atoms with Crippen molar-refractivity contribution < 1.29 is 18.3 Å². The molecule has 11 heteroatoms. The highest BCUT2D eigenvalue weighted by Gasteiger charge is 2.11. The maximum absolute atomic E-state index is 12.7. The summed E-state index contributed by atoms with van der Waals surface area (Å²) < 4.78 is 36.7. The van der Waals surface area contributed by atoms with E-state index in [2.05, 4.69) is 30.4 Å². The number of ether oxygens (including phenoxy) is 2. The molecule has 0 amide bonds. The molecule has 2 aromatic carbocycles. The van der Waals surface area contributed by atoms with Gasteiger partial charge in [-0.2, -0.15) is 13.9 Å². The minimum Gasteiger partial charge on any atom is -0.497 e. The van der Waals surface area contributed by atoms with Crippen molar-refractivity contribution in [2.75, 3.05) is 14.2 Å². The number of hydrogen-bond acceptors (Lipinski definition) is 5. The maximum atomic E-state index is 12.7. The van der Waals surface area contributed by atoms with Crippen molar-refractivity contribution in [2.24, 2.45) is 4.99 Å². The van der Waals surface area contributed by atoms with E-state index in [-0.39, 0.29) is 36.3 Å². The lowest BCUT2D eigenvalue weighted by Gasteiger charge is -2.15. The number of hydrogen-bond donors (Lipinski definition) is 2. The van der Waals surface area contributed by atoms with Crippen LogP contribution in [0.25, 0.3) is 5.69 Å². The average molecular weight is 544 g/mol. The van der Waals surface area contributed by atoms with Crippen molar-refractivity contribution >= 4 is 29.9 Å². The fraction of sp³-hybridized carbons (Fsp3) is 0.250. The first-order valence-electron chi connectivity index (χ1n) is 9.09. The Morgan fingerprint density at radius 3 is 2.48 bits per heavy atom. The molecule has 3 rings (SSSR count). The molecule has 0 saturated carbocycles. The predicted molar refractivity (Wildman–Crippen MR) is 123 cm³/mol. The molecule has 0 atom stereocenters. The number of methoxy groups -OCH3 is 1. The number of benzene rings is 2. The van der Waals surface area contributed by atoms with E-state index >= 15 is 0 Å². The molecule has 0 aliphatic heterocycles. The number of guanidine groups is 1. The molecule has 0 fully saturated rings. The molecule has 0 aliphatic rings. The van der Waals surface area contributed by atoms with E-state index in [1.807, 2.05) is 24.3 Å². The van der Waals surface area contributed by atoms with E-state index in [0.717, 1.165) is 11.3 Å². The number of nitrogens with zero attached hydrogens (tertiary/aromatic N) is 4. The molecular weight excluding hydrogens is 521 g/mol. The van der Waals surface area contributed by atoms with Crippen LogP contribution in [0.1, 0.15) is 11.1 Å². The smallest absolute Gasteiger partial charge is 0.387 e. The zero-order valence-electron chi connectivity index (χ0n) is 17.0. The van der Waals surface area contributed by atoms with Gasteiger partial charge in [0.15, 0.2) is 5.96 Å². The van der Waals surface area contributed by atoms with Gasteiger partial charge in [-0.25, -0.2) is 9.67 Å². The summed E-state index contributed by atoms with van der Waals surface area (Å²) in [6, 6.07) is 12.5. The molecule has 0 saturated heterocycles. The van der Waals surface area contributed by atoms with Crippen LogP contribution in [0.3, 0.4) is 0 Å². The fourth-order valence-electron chi connectivity index (χ4n) is 2.73. The second-order valence-corrected chi connectivity index (χ2v) is 6.14. The molecular formula is C20H23F2IN6O2. The minimum atomic E-state index is -2.91. The summed E-state index contributed by atoms with van der Waals surface area (Å²) in [5.74, 6) is 1.14. The maximum Gasteiger partial charge on any atom is 0.387 e. The summed E-state index contributed by atoms with van der Waals surface area (Å²) in [5, 5.41) is 10.4. The topological polar surface area (TPSA) is 85.6 Å². The molecule has 0 bridgehead atoms. The summed E-state index contributed by atoms with van der Waals surface area (Å²) in [4.78, 5) is 8.09. The van der Waals surface area contributed by atoms with Crippen molar-refractivity contribution in [2.45, 2.75) is 19.7 Å². The van der Waals surface area contributed by atoms with Gasteiger partial charge in [0.2, 0.25) is 0 Å². The highest BCUT2D eigenvalue weighted by atomic mass is 127. The number of aliphatic imine (C=N–C) groups is 1. The van der Waals surface area contributed by atoms with E-state index in [9.17, 15) is 8.78 Å². The Kier molecular flexibility index (Phi) is 9.43. The summed E-state index contributed by atoms with van der Waals surface area (Å²) in [5.41, 5.74) is 2.46. The third-order valence-corrected chi connectivity index (χ3v) is 4.23. The van der Waals surface area contributed by atoms with Crippen LogP contribution in [-0.2, 0) is 13.1 Å². The zero-order valence-corrected chi connectivity index (χ0v) is 19.3. The molecule has 0 radical (unpaired) electrons. The first kappa shape index (κ1) is 24.3. The molecule has 1 aromatic heterocycles. The van der Waals surface area contributed by atoms with Gasteiger partial charge in [0.25, 0.3) is 0 Å². The first-order chi connectivity index (χ1) is 14.6. The van der Waals surface area contributed by atoms with Crippen molar-refractivity contribution in [3.05, 3.63) is 66.2 Å². The minimum absolute atomic E-state index is 0. The Morgan fingerprint density at radius 1 is 1.13 bits per heavy atom. The highest BCUT2D eigenvalue weighted by molar-refractivity contribution is 14.0. The van der Waals surface area contributed by atoms with E-state index < -0.39 is 6.61 Å². The Bertz CT molecular complexity index is 968. The van der Waals surface area contributed by atoms with Crippen LogP contribution in [0.5, 0.6) is 11.5 Å². The fourth-order valence-corrected chi connectivity index (χ4v) is 2.73. The second-order valence-electron chi connectivity index (χ2n) is 6.14. The average Bonchev–Trinajstić information content (AvgIpc) is 3.29. The summed E-state index contributed by atoms with van der Waals surface area (Å²) in [6.07, 6.45) is 3.11. The van der Waals surface area contributed by atoms with Gasteiger partial charge >= 0.3 is 6.61 Å². The van der Waals surface area contributed by atoms with Crippen molar-refractivity contribution in [3.63, 3.8) is 0 Å². The number of aromatic nitrogens is 3. The van der Waals surface area contributed by atoms with E-state index in [1.54, 1.807) is 30.2 Å². The lowest BCUT2D eigenvalue weighted by Crippen LogP contribution is -2.36. The van der Waals surface area contributed by atoms with Crippen LogP contribution in [-0.4, -0.2) is 41.5 Å². The van der Waals surface area contributed by atoms with Gasteiger partial charge in [-0.05, 0) is 35.9 Å². The third kappa shape index (κ3) is 7.05. The van der Waals surface area contributed by atoms with Gasteiger partial charge in [0, 0.05) is 25.7 Å². The molecule has 2 N–H and O–H groups in total. The highest BCUT2D eigenvalue weighted by Crippen LogP contribution is 2.25. The number of alkyl halides is 2. The normalized spacial score (nSPS) is 11.1. The van der Waals surface area contributed by atoms with Crippen LogP contribution in [0, 0.1) is 0 Å². The number of halogens is 3. The van der Waals surface area contributed by atoms with Crippen LogP contribution >= 0.6 is 24.0 Å². The molecule has 0 unspecified atom stereocenters. The van der Waals surface area contributed by atoms with Gasteiger partial charge in [-0.3, -0.25) is 4.99 Å². The lowest BCUT2D eigenvalue weighted by atomic mass is 10.2. The zero-order chi connectivity index (χ0) is 21.3. The monoisotopic (exact) mass is 544 g/mol. The van der Waals surface area contributed by atoms with Gasteiger partial charge < -0.3 is 20.1 Å². The second kappa shape index (κ2) is 12.0. The van der Waals surface area contributed by atoms with Crippen LogP contribution in [0.4, 0.5) is 8.78 Å². The molecule has 8 nitrogen and oxygen atoms in total. The van der Waals surface area contributed by atoms with Gasteiger partial charge in [-0.15, -0.1) is 24.0 Å². The predicted octanol–water partition coefficient (Wildman–Crippen LogP) is 3.36. The van der Waals surface area contributed by atoms with Crippen LogP contribution in [0.2, 0.25) is 0 Å². The Morgan fingerprint density at radius 2 is 1.87 bits per heavy atom. The quantitative estimate of drug-likeness (QED) is 0.257. The molecule has 166 valence electrons. The SMILES string of the molecule is CN=C(NCc1ccc(-n2cncn2)cc1)NCc1cc(OC)ccc1OC(F)F.I. The van der Waals surface area contributed by atoms with E-state index in [4.69, 9.17) is 4.74 Å². The van der Waals surface area contributed by atoms with Crippen molar-refractivity contribution in [1.29, 1.82) is 0 Å². The first-order valence-corrected chi connectivity index (χ1v) is 9.09. The van der Waals surface area contributed by atoms with Gasteiger partial charge in [0.05, 0.1) is 12.8 Å². The molecule has 3 aromatic rings. The molecule has 0 aliphatic carbocycles. The van der Waals surface area contributed by atoms with Crippen molar-refractivity contribution in [1.82, 2.24) is 25.4 Å². The lowest BCUT2D eigenvalue weighted by molar-refractivity contribution is -0.0504. The van der Waals surface area contributed by atoms with Gasteiger partial charge in [-0.1, -0.05) is 12.1 Å². The number of rotatable bonds is 8. The Balaban J connectivity index is 0.00000341. The number of nitrogens with one attached hydrogen (secondary N) is 2. The van der Waals surface area contributed by atoms with Crippen LogP contribution < -0.4 is 20.1 Å². The van der Waals surface area contributed by atoms with Crippen molar-refractivity contribution in [3.8, 4) is 17.2 Å². The Hall–Kier alpha value is -2.96. The molecule has 1 heterocycles. The van der Waals surface area contributed by atoms with E-state index in [1.165, 1.54) is 19.5 Å². The molecule has 31 heavy (non-hydrogen) atoms. The molecule has 0 spiro atoms. The Labute approximate surface area is 195 Å². The summed E-state index contributed by atoms with van der Waals surface area (Å²) in [6.45, 7) is -2.16. The summed E-state index contributed by atoms with van der Waals surface area (Å²) in [7, 11) is 3.14. The van der Waals surface area contributed by atoms with Gasteiger partial charge in [0.1, 0.15) is 24.2 Å². The third-order valence-electron chi connectivity index (χ3n) is 4.23.